The number of rotatable bonds is 4. The van der Waals surface area contributed by atoms with Crippen LogP contribution in [0.2, 0.25) is 0 Å². The van der Waals surface area contributed by atoms with Gasteiger partial charge in [-0.25, -0.2) is 0 Å². The van der Waals surface area contributed by atoms with Crippen molar-refractivity contribution in [1.29, 1.82) is 0 Å². The van der Waals surface area contributed by atoms with Crippen molar-refractivity contribution >= 4 is 67.2 Å². The molecule has 0 unspecified atom stereocenters. The molecule has 1 saturated heterocycles. The first kappa shape index (κ1) is 24.9. The van der Waals surface area contributed by atoms with Gasteiger partial charge in [0.05, 0.1) is 0 Å². The number of nitrogens with zero attached hydrogens (tertiary/aromatic N) is 2. The Kier molecular flexibility index (Phi) is 7.48. The van der Waals surface area contributed by atoms with E-state index in [0.717, 1.165) is 45.3 Å². The van der Waals surface area contributed by atoms with Crippen LogP contribution in [-0.4, -0.2) is 48.0 Å². The highest BCUT2D eigenvalue weighted by molar-refractivity contribution is 9.10. The summed E-state index contributed by atoms with van der Waals surface area (Å²) in [6.45, 7) is 2.88. The van der Waals surface area contributed by atoms with Crippen LogP contribution in [0.25, 0.3) is 10.8 Å². The van der Waals surface area contributed by atoms with Crippen molar-refractivity contribution in [2.45, 2.75) is 0 Å². The molecular formula is C29H25BrN4O2S. The number of nitrogens with one attached hydrogen (secondary N) is 2. The molecule has 8 heteroatoms. The van der Waals surface area contributed by atoms with E-state index in [9.17, 15) is 9.59 Å². The zero-order chi connectivity index (χ0) is 25.8. The van der Waals surface area contributed by atoms with Crippen molar-refractivity contribution < 1.29 is 9.59 Å². The van der Waals surface area contributed by atoms with Crippen LogP contribution < -0.4 is 15.5 Å². The van der Waals surface area contributed by atoms with E-state index in [4.69, 9.17) is 12.2 Å². The van der Waals surface area contributed by atoms with Gasteiger partial charge in [-0.05, 0) is 71.5 Å². The molecule has 1 fully saturated rings. The number of piperazine rings is 1. The number of carbonyl (C=O) groups excluding carboxylic acids is 2. The molecule has 37 heavy (non-hydrogen) atoms. The summed E-state index contributed by atoms with van der Waals surface area (Å²) in [7, 11) is 0. The fourth-order valence-corrected chi connectivity index (χ4v) is 5.20. The Morgan fingerprint density at radius 3 is 2.16 bits per heavy atom. The number of fused-ring (bicyclic) bond motifs is 1. The number of amides is 2. The van der Waals surface area contributed by atoms with E-state index in [1.807, 2.05) is 89.8 Å². The summed E-state index contributed by atoms with van der Waals surface area (Å²) in [4.78, 5) is 29.8. The Balaban J connectivity index is 1.16. The minimum Gasteiger partial charge on any atom is -0.368 e. The smallest absolute Gasteiger partial charge is 0.258 e. The molecule has 5 rings (SSSR count). The summed E-state index contributed by atoms with van der Waals surface area (Å²) in [6, 6.07) is 28.7. The second-order valence-corrected chi connectivity index (χ2v) is 10.0. The highest BCUT2D eigenvalue weighted by atomic mass is 79.9. The molecule has 1 aliphatic rings. The third kappa shape index (κ3) is 5.65. The topological polar surface area (TPSA) is 64.7 Å². The molecule has 186 valence electrons. The molecule has 2 N–H and O–H groups in total. The van der Waals surface area contributed by atoms with E-state index < -0.39 is 0 Å². The number of thiocarbonyl (C=S) groups is 1. The summed E-state index contributed by atoms with van der Waals surface area (Å²) >= 11 is 8.93. The maximum atomic E-state index is 12.9. The van der Waals surface area contributed by atoms with E-state index in [1.54, 1.807) is 6.07 Å². The van der Waals surface area contributed by atoms with E-state index in [1.165, 1.54) is 0 Å². The summed E-state index contributed by atoms with van der Waals surface area (Å²) in [5.74, 6) is -0.188. The molecule has 0 radical (unpaired) electrons. The van der Waals surface area contributed by atoms with Gasteiger partial charge in [0.2, 0.25) is 0 Å². The van der Waals surface area contributed by atoms with Gasteiger partial charge in [-0.1, -0.05) is 58.4 Å². The third-order valence-corrected chi connectivity index (χ3v) is 7.31. The van der Waals surface area contributed by atoms with Crippen LogP contribution >= 0.6 is 28.1 Å². The first-order chi connectivity index (χ1) is 18.0. The van der Waals surface area contributed by atoms with Crippen LogP contribution in [0.4, 0.5) is 11.4 Å². The predicted octanol–water partition coefficient (Wildman–Crippen LogP) is 5.69. The molecule has 4 aromatic rings. The maximum Gasteiger partial charge on any atom is 0.258 e. The third-order valence-electron chi connectivity index (χ3n) is 6.42. The van der Waals surface area contributed by atoms with Gasteiger partial charge in [-0.2, -0.15) is 0 Å². The summed E-state index contributed by atoms with van der Waals surface area (Å²) in [5.41, 5.74) is 3.15. The number of benzene rings is 4. The van der Waals surface area contributed by atoms with Gasteiger partial charge in [0, 0.05) is 53.2 Å². The Labute approximate surface area is 229 Å². The number of carbonyl (C=O) groups is 2. The zero-order valence-electron chi connectivity index (χ0n) is 20.0. The zero-order valence-corrected chi connectivity index (χ0v) is 22.4. The average molecular weight is 574 g/mol. The SMILES string of the molecule is O=C(NC(=S)Nc1ccc(N2CCN(C(=O)c3ccccc3)CC2)cc1)c1cccc2c(Br)cccc12. The predicted molar refractivity (Wildman–Crippen MR) is 156 cm³/mol. The molecule has 0 bridgehead atoms. The molecule has 1 heterocycles. The highest BCUT2D eigenvalue weighted by Gasteiger charge is 2.22. The minimum absolute atomic E-state index is 0.0755. The second-order valence-electron chi connectivity index (χ2n) is 8.74. The summed E-state index contributed by atoms with van der Waals surface area (Å²) in [6.07, 6.45) is 0. The quantitative estimate of drug-likeness (QED) is 0.307. The van der Waals surface area contributed by atoms with Crippen LogP contribution in [0.15, 0.2) is 95.5 Å². The fourth-order valence-electron chi connectivity index (χ4n) is 4.49. The molecular weight excluding hydrogens is 548 g/mol. The van der Waals surface area contributed by atoms with Crippen molar-refractivity contribution in [1.82, 2.24) is 10.2 Å². The number of halogens is 1. The minimum atomic E-state index is -0.263. The van der Waals surface area contributed by atoms with Gasteiger partial charge >= 0.3 is 0 Å². The number of hydrogen-bond acceptors (Lipinski definition) is 4. The maximum absolute atomic E-state index is 12.9. The van der Waals surface area contributed by atoms with Crippen LogP contribution in [-0.2, 0) is 0 Å². The van der Waals surface area contributed by atoms with Gasteiger partial charge < -0.3 is 15.1 Å². The van der Waals surface area contributed by atoms with Crippen molar-refractivity contribution in [3.05, 3.63) is 107 Å². The molecule has 4 aromatic carbocycles. The molecule has 1 aliphatic heterocycles. The van der Waals surface area contributed by atoms with Crippen molar-refractivity contribution in [3.8, 4) is 0 Å². The molecule has 0 aromatic heterocycles. The molecule has 6 nitrogen and oxygen atoms in total. The Morgan fingerprint density at radius 2 is 1.43 bits per heavy atom. The lowest BCUT2D eigenvalue weighted by Crippen LogP contribution is -2.48. The largest absolute Gasteiger partial charge is 0.368 e. The normalized spacial score (nSPS) is 13.3. The van der Waals surface area contributed by atoms with Crippen LogP contribution in [0.3, 0.4) is 0 Å². The molecule has 0 atom stereocenters. The van der Waals surface area contributed by atoms with Crippen LogP contribution in [0, 0.1) is 0 Å². The van der Waals surface area contributed by atoms with Gasteiger partial charge in [0.25, 0.3) is 11.8 Å². The van der Waals surface area contributed by atoms with Gasteiger partial charge in [0.15, 0.2) is 5.11 Å². The van der Waals surface area contributed by atoms with E-state index in [0.29, 0.717) is 18.7 Å². The van der Waals surface area contributed by atoms with E-state index in [-0.39, 0.29) is 16.9 Å². The first-order valence-corrected chi connectivity index (χ1v) is 13.2. The Bertz CT molecular complexity index is 1450. The summed E-state index contributed by atoms with van der Waals surface area (Å²) in [5, 5.41) is 7.93. The fraction of sp³-hybridized carbons (Fsp3) is 0.138. The summed E-state index contributed by atoms with van der Waals surface area (Å²) < 4.78 is 0.935. The van der Waals surface area contributed by atoms with Gasteiger partial charge in [-0.3, -0.25) is 14.9 Å². The molecule has 0 spiro atoms. The lowest BCUT2D eigenvalue weighted by atomic mass is 10.0. The number of hydrogen-bond donors (Lipinski definition) is 2. The standard InChI is InChI=1S/C29H25BrN4O2S/c30-26-11-5-8-23-24(26)9-4-10-25(23)27(35)32-29(37)31-21-12-14-22(15-13-21)33-16-18-34(19-17-33)28(36)20-6-2-1-3-7-20/h1-15H,16-19H2,(H2,31,32,35,37). The number of anilines is 2. The van der Waals surface area contributed by atoms with Crippen LogP contribution in [0.1, 0.15) is 20.7 Å². The Hall–Kier alpha value is -3.75. The van der Waals surface area contributed by atoms with E-state index >= 15 is 0 Å². The second kappa shape index (κ2) is 11.1. The highest BCUT2D eigenvalue weighted by Crippen LogP contribution is 2.26. The lowest BCUT2D eigenvalue weighted by molar-refractivity contribution is 0.0746. The lowest BCUT2D eigenvalue weighted by Gasteiger charge is -2.36. The monoisotopic (exact) mass is 572 g/mol. The Morgan fingerprint density at radius 1 is 0.757 bits per heavy atom. The first-order valence-electron chi connectivity index (χ1n) is 12.0. The molecule has 2 amide bonds. The van der Waals surface area contributed by atoms with Crippen molar-refractivity contribution in [2.75, 3.05) is 36.4 Å². The average Bonchev–Trinajstić information content (AvgIpc) is 2.93. The van der Waals surface area contributed by atoms with Gasteiger partial charge in [-0.15, -0.1) is 0 Å². The van der Waals surface area contributed by atoms with Crippen LogP contribution in [0.5, 0.6) is 0 Å². The molecule has 0 saturated carbocycles. The molecule has 0 aliphatic carbocycles. The van der Waals surface area contributed by atoms with Crippen molar-refractivity contribution in [2.24, 2.45) is 0 Å². The van der Waals surface area contributed by atoms with Crippen molar-refractivity contribution in [3.63, 3.8) is 0 Å². The van der Waals surface area contributed by atoms with Gasteiger partial charge in [0.1, 0.15) is 0 Å². The van der Waals surface area contributed by atoms with E-state index in [2.05, 4.69) is 31.5 Å².